The second kappa shape index (κ2) is 5.28. The topological polar surface area (TPSA) is 43.1 Å². The highest BCUT2D eigenvalue weighted by Crippen LogP contribution is 1.89. The number of nitro groups is 1. The first-order valence-electron chi connectivity index (χ1n) is 2.83. The standard InChI is InChI=1S/C6H10NO2/c1-2-3-4-5-6-7(8)9/h2-3H,1,4-6H2/b3-2+. The maximum Gasteiger partial charge on any atom is 0.204 e. The number of nitrogens with zero attached hydrogens (tertiary/aromatic N) is 1. The minimum atomic E-state index is -0.309. The molecule has 0 spiro atoms. The van der Waals surface area contributed by atoms with Crippen LogP contribution < -0.4 is 0 Å². The fourth-order valence-corrected chi connectivity index (χ4v) is 0.456. The molecule has 0 aliphatic rings. The van der Waals surface area contributed by atoms with Crippen molar-refractivity contribution in [2.75, 3.05) is 6.54 Å². The third-order valence-corrected chi connectivity index (χ3v) is 0.878. The summed E-state index contributed by atoms with van der Waals surface area (Å²) in [6.45, 7) is 3.51. The molecule has 0 N–H and O–H groups in total. The van der Waals surface area contributed by atoms with Crippen LogP contribution in [0.5, 0.6) is 0 Å². The van der Waals surface area contributed by atoms with Gasteiger partial charge in [0, 0.05) is 11.3 Å². The van der Waals surface area contributed by atoms with Crippen molar-refractivity contribution < 1.29 is 4.92 Å². The van der Waals surface area contributed by atoms with E-state index in [4.69, 9.17) is 0 Å². The molecular formula is C6H10NO2. The van der Waals surface area contributed by atoms with Gasteiger partial charge in [0.1, 0.15) is 0 Å². The second-order valence-electron chi connectivity index (χ2n) is 1.67. The van der Waals surface area contributed by atoms with Gasteiger partial charge < -0.3 is 0 Å². The van der Waals surface area contributed by atoms with Gasteiger partial charge >= 0.3 is 0 Å². The first kappa shape index (κ1) is 8.14. The van der Waals surface area contributed by atoms with Crippen LogP contribution in [-0.2, 0) is 0 Å². The number of allylic oxidation sites excluding steroid dienone is 2. The zero-order valence-corrected chi connectivity index (χ0v) is 5.25. The Morgan fingerprint density at radius 3 is 2.78 bits per heavy atom. The maximum absolute atomic E-state index is 9.73. The number of unbranched alkanes of at least 4 members (excludes halogenated alkanes) is 1. The molecule has 9 heavy (non-hydrogen) atoms. The van der Waals surface area contributed by atoms with Crippen molar-refractivity contribution >= 4 is 0 Å². The Morgan fingerprint density at radius 1 is 1.67 bits per heavy atom. The molecule has 0 bridgehead atoms. The molecule has 0 amide bonds. The van der Waals surface area contributed by atoms with Gasteiger partial charge in [-0.05, 0) is 13.3 Å². The van der Waals surface area contributed by atoms with Crippen LogP contribution in [0.1, 0.15) is 12.8 Å². The molecule has 0 fully saturated rings. The zero-order valence-electron chi connectivity index (χ0n) is 5.25. The average Bonchev–Trinajstić information content (AvgIpc) is 1.80. The van der Waals surface area contributed by atoms with Crippen molar-refractivity contribution in [3.05, 3.63) is 29.2 Å². The van der Waals surface area contributed by atoms with Crippen LogP contribution in [0.15, 0.2) is 12.2 Å². The van der Waals surface area contributed by atoms with Gasteiger partial charge in [0.05, 0.1) is 0 Å². The van der Waals surface area contributed by atoms with E-state index >= 15 is 0 Å². The molecule has 0 aromatic heterocycles. The third-order valence-electron chi connectivity index (χ3n) is 0.878. The fourth-order valence-electron chi connectivity index (χ4n) is 0.456. The van der Waals surface area contributed by atoms with Gasteiger partial charge in [0.25, 0.3) is 0 Å². The number of rotatable bonds is 4. The quantitative estimate of drug-likeness (QED) is 0.326. The van der Waals surface area contributed by atoms with Gasteiger partial charge in [0.2, 0.25) is 6.54 Å². The summed E-state index contributed by atoms with van der Waals surface area (Å²) in [6.07, 6.45) is 4.84. The van der Waals surface area contributed by atoms with Crippen LogP contribution in [0, 0.1) is 17.0 Å². The molecule has 0 saturated carbocycles. The minimum Gasteiger partial charge on any atom is -0.265 e. The van der Waals surface area contributed by atoms with Crippen molar-refractivity contribution in [2.24, 2.45) is 0 Å². The summed E-state index contributed by atoms with van der Waals surface area (Å²) in [5, 5.41) is 9.73. The highest BCUT2D eigenvalue weighted by molar-refractivity contribution is 4.83. The molecule has 0 aliphatic carbocycles. The molecular weight excluding hydrogens is 118 g/mol. The predicted molar refractivity (Wildman–Crippen MR) is 35.6 cm³/mol. The Balaban J connectivity index is 3.01. The molecule has 0 aliphatic heterocycles. The van der Waals surface area contributed by atoms with Gasteiger partial charge in [-0.1, -0.05) is 12.2 Å². The van der Waals surface area contributed by atoms with Gasteiger partial charge in [-0.3, -0.25) is 10.1 Å². The Bertz CT molecular complexity index is 110. The molecule has 3 heteroatoms. The molecule has 51 valence electrons. The zero-order chi connectivity index (χ0) is 7.11. The van der Waals surface area contributed by atoms with Gasteiger partial charge in [-0.2, -0.15) is 0 Å². The third kappa shape index (κ3) is 7.14. The lowest BCUT2D eigenvalue weighted by atomic mass is 10.3. The van der Waals surface area contributed by atoms with Gasteiger partial charge in [0.15, 0.2) is 0 Å². The Hall–Kier alpha value is -0.860. The molecule has 0 rings (SSSR count). The predicted octanol–water partition coefficient (Wildman–Crippen LogP) is 1.43. The lowest BCUT2D eigenvalue weighted by Gasteiger charge is -1.87. The van der Waals surface area contributed by atoms with E-state index in [1.165, 1.54) is 0 Å². The van der Waals surface area contributed by atoms with E-state index in [1.807, 2.05) is 6.08 Å². The summed E-state index contributed by atoms with van der Waals surface area (Å²) in [4.78, 5) is 9.42. The maximum atomic E-state index is 9.73. The van der Waals surface area contributed by atoms with Crippen molar-refractivity contribution in [2.45, 2.75) is 12.8 Å². The summed E-state index contributed by atoms with van der Waals surface area (Å²) < 4.78 is 0. The van der Waals surface area contributed by atoms with E-state index in [-0.39, 0.29) is 11.5 Å². The summed E-state index contributed by atoms with van der Waals surface area (Å²) in [6, 6.07) is 0. The van der Waals surface area contributed by atoms with E-state index in [1.54, 1.807) is 6.08 Å². The molecule has 0 unspecified atom stereocenters. The lowest BCUT2D eigenvalue weighted by molar-refractivity contribution is -0.480. The summed E-state index contributed by atoms with van der Waals surface area (Å²) >= 11 is 0. The molecule has 3 nitrogen and oxygen atoms in total. The van der Waals surface area contributed by atoms with Crippen LogP contribution in [-0.4, -0.2) is 11.5 Å². The van der Waals surface area contributed by atoms with E-state index in [0.717, 1.165) is 6.42 Å². The number of hydrogen-bond donors (Lipinski definition) is 0. The molecule has 1 radical (unpaired) electrons. The summed E-state index contributed by atoms with van der Waals surface area (Å²) in [5.41, 5.74) is 0. The molecule has 0 atom stereocenters. The Morgan fingerprint density at radius 2 is 2.33 bits per heavy atom. The highest BCUT2D eigenvalue weighted by atomic mass is 16.6. The first-order valence-corrected chi connectivity index (χ1v) is 2.83. The van der Waals surface area contributed by atoms with E-state index in [9.17, 15) is 10.1 Å². The number of hydrogen-bond acceptors (Lipinski definition) is 2. The van der Waals surface area contributed by atoms with E-state index < -0.39 is 0 Å². The summed E-state index contributed by atoms with van der Waals surface area (Å²) in [5.74, 6) is 0. The average molecular weight is 128 g/mol. The molecule has 0 saturated heterocycles. The smallest absolute Gasteiger partial charge is 0.204 e. The van der Waals surface area contributed by atoms with E-state index in [0.29, 0.717) is 6.42 Å². The monoisotopic (exact) mass is 128 g/mol. The van der Waals surface area contributed by atoms with Crippen molar-refractivity contribution in [3.63, 3.8) is 0 Å². The van der Waals surface area contributed by atoms with Crippen LogP contribution >= 0.6 is 0 Å². The van der Waals surface area contributed by atoms with Gasteiger partial charge in [-0.15, -0.1) is 0 Å². The van der Waals surface area contributed by atoms with Crippen LogP contribution in [0.4, 0.5) is 0 Å². The molecule has 0 aromatic carbocycles. The van der Waals surface area contributed by atoms with Crippen LogP contribution in [0.2, 0.25) is 0 Å². The largest absolute Gasteiger partial charge is 0.265 e. The summed E-state index contributed by atoms with van der Waals surface area (Å²) in [7, 11) is 0. The van der Waals surface area contributed by atoms with Crippen molar-refractivity contribution in [1.82, 2.24) is 0 Å². The fraction of sp³-hybridized carbons (Fsp3) is 0.500. The Kier molecular flexibility index (Phi) is 4.78. The minimum absolute atomic E-state index is 0.0599. The first-order chi connectivity index (χ1) is 4.27. The normalized spacial score (nSPS) is 10.3. The van der Waals surface area contributed by atoms with Crippen LogP contribution in [0.25, 0.3) is 0 Å². The molecule has 0 aromatic rings. The SMILES string of the molecule is [CH2]/C=C/CCC[N+](=O)[O-]. The Labute approximate surface area is 54.5 Å². The van der Waals surface area contributed by atoms with Crippen molar-refractivity contribution in [1.29, 1.82) is 0 Å². The van der Waals surface area contributed by atoms with Crippen LogP contribution in [0.3, 0.4) is 0 Å². The molecule has 0 heterocycles. The van der Waals surface area contributed by atoms with E-state index in [2.05, 4.69) is 6.92 Å². The van der Waals surface area contributed by atoms with Gasteiger partial charge in [-0.25, -0.2) is 0 Å². The highest BCUT2D eigenvalue weighted by Gasteiger charge is 1.91. The lowest BCUT2D eigenvalue weighted by Crippen LogP contribution is -1.98. The second-order valence-corrected chi connectivity index (χ2v) is 1.67. The van der Waals surface area contributed by atoms with Crippen molar-refractivity contribution in [3.8, 4) is 0 Å².